The van der Waals surface area contributed by atoms with Crippen LogP contribution < -0.4 is 4.90 Å². The second-order valence-corrected chi connectivity index (χ2v) is 6.54. The highest BCUT2D eigenvalue weighted by Crippen LogP contribution is 2.27. The molecule has 3 aromatic carbocycles. The van der Waals surface area contributed by atoms with Gasteiger partial charge in [-0.25, -0.2) is 0 Å². The predicted molar refractivity (Wildman–Crippen MR) is 106 cm³/mol. The van der Waals surface area contributed by atoms with Gasteiger partial charge < -0.3 is 4.90 Å². The average Bonchev–Trinajstić information content (AvgIpc) is 2.67. The zero-order valence-corrected chi connectivity index (χ0v) is 15.4. The third-order valence-corrected chi connectivity index (χ3v) is 4.48. The fourth-order valence-corrected chi connectivity index (χ4v) is 2.96. The second kappa shape index (κ2) is 8.01. The van der Waals surface area contributed by atoms with Gasteiger partial charge in [-0.3, -0.25) is 14.9 Å². The van der Waals surface area contributed by atoms with Crippen LogP contribution in [0.1, 0.15) is 21.5 Å². The van der Waals surface area contributed by atoms with E-state index in [1.807, 2.05) is 61.5 Å². The summed E-state index contributed by atoms with van der Waals surface area (Å²) in [5, 5.41) is 11.0. The number of rotatable bonds is 5. The summed E-state index contributed by atoms with van der Waals surface area (Å²) in [6, 6.07) is 21.1. The van der Waals surface area contributed by atoms with Gasteiger partial charge in [0.2, 0.25) is 0 Å². The predicted octanol–water partition coefficient (Wildman–Crippen LogP) is 5.40. The molecule has 0 fully saturated rings. The molecule has 0 saturated carbocycles. The van der Waals surface area contributed by atoms with Crippen molar-refractivity contribution in [3.05, 3.63) is 105 Å². The van der Waals surface area contributed by atoms with E-state index in [0.717, 1.165) is 16.8 Å². The fourth-order valence-electron chi connectivity index (χ4n) is 2.71. The third-order valence-electron chi connectivity index (χ3n) is 4.17. The number of carbonyl (C=O) groups is 1. The van der Waals surface area contributed by atoms with Crippen LogP contribution in [0.5, 0.6) is 0 Å². The molecule has 0 unspecified atom stereocenters. The standard InChI is InChI=1S/C21H17ClN2O3/c1-15-7-9-17(10-8-15)23(14-16-5-3-2-4-6-16)21(25)19-12-11-18(24(26)27)13-20(19)22/h2-13H,14H2,1H3. The van der Waals surface area contributed by atoms with Crippen LogP contribution in [0.25, 0.3) is 0 Å². The summed E-state index contributed by atoms with van der Waals surface area (Å²) in [5.41, 5.74) is 2.84. The van der Waals surface area contributed by atoms with E-state index in [-0.39, 0.29) is 22.2 Å². The summed E-state index contributed by atoms with van der Waals surface area (Å²) in [5.74, 6) is -0.317. The number of amides is 1. The van der Waals surface area contributed by atoms with Crippen molar-refractivity contribution in [2.75, 3.05) is 4.90 Å². The first kappa shape index (κ1) is 18.6. The number of nitrogens with zero attached hydrogens (tertiary/aromatic N) is 2. The van der Waals surface area contributed by atoms with Crippen LogP contribution in [0.4, 0.5) is 11.4 Å². The zero-order chi connectivity index (χ0) is 19.4. The van der Waals surface area contributed by atoms with Crippen molar-refractivity contribution in [2.45, 2.75) is 13.5 Å². The van der Waals surface area contributed by atoms with Crippen LogP contribution in [0, 0.1) is 17.0 Å². The normalized spacial score (nSPS) is 10.4. The van der Waals surface area contributed by atoms with Crippen molar-refractivity contribution in [3.8, 4) is 0 Å². The lowest BCUT2D eigenvalue weighted by Crippen LogP contribution is -2.30. The van der Waals surface area contributed by atoms with Gasteiger partial charge in [0.25, 0.3) is 11.6 Å². The highest BCUT2D eigenvalue weighted by atomic mass is 35.5. The molecule has 3 aromatic rings. The maximum atomic E-state index is 13.2. The number of carbonyl (C=O) groups excluding carboxylic acids is 1. The Morgan fingerprint density at radius 3 is 2.30 bits per heavy atom. The smallest absolute Gasteiger partial charge is 0.270 e. The highest BCUT2D eigenvalue weighted by molar-refractivity contribution is 6.34. The maximum Gasteiger partial charge on any atom is 0.270 e. The van der Waals surface area contributed by atoms with E-state index in [0.29, 0.717) is 6.54 Å². The summed E-state index contributed by atoms with van der Waals surface area (Å²) < 4.78 is 0. The molecule has 5 nitrogen and oxygen atoms in total. The molecule has 0 aromatic heterocycles. The van der Waals surface area contributed by atoms with Crippen LogP contribution >= 0.6 is 11.6 Å². The molecule has 0 bridgehead atoms. The van der Waals surface area contributed by atoms with Gasteiger partial charge in [0.15, 0.2) is 0 Å². The number of halogens is 1. The molecule has 0 aliphatic carbocycles. The van der Waals surface area contributed by atoms with Gasteiger partial charge in [-0.1, -0.05) is 59.6 Å². The lowest BCUT2D eigenvalue weighted by atomic mass is 10.1. The number of benzene rings is 3. The average molecular weight is 381 g/mol. The summed E-state index contributed by atoms with van der Waals surface area (Å²) in [6.07, 6.45) is 0. The van der Waals surface area contributed by atoms with E-state index in [2.05, 4.69) is 0 Å². The SMILES string of the molecule is Cc1ccc(N(Cc2ccccc2)C(=O)c2ccc([N+](=O)[O-])cc2Cl)cc1. The van der Waals surface area contributed by atoms with Crippen LogP contribution in [0.3, 0.4) is 0 Å². The highest BCUT2D eigenvalue weighted by Gasteiger charge is 2.22. The van der Waals surface area contributed by atoms with Gasteiger partial charge in [-0.2, -0.15) is 0 Å². The quantitative estimate of drug-likeness (QED) is 0.439. The molecule has 136 valence electrons. The molecule has 0 atom stereocenters. The van der Waals surface area contributed by atoms with Gasteiger partial charge >= 0.3 is 0 Å². The molecule has 0 heterocycles. The van der Waals surface area contributed by atoms with Gasteiger partial charge in [0.05, 0.1) is 22.1 Å². The Labute approximate surface area is 162 Å². The maximum absolute atomic E-state index is 13.2. The molecule has 0 N–H and O–H groups in total. The van der Waals surface area contributed by atoms with E-state index < -0.39 is 4.92 Å². The Bertz CT molecular complexity index is 972. The van der Waals surface area contributed by atoms with E-state index in [4.69, 9.17) is 11.6 Å². The van der Waals surface area contributed by atoms with E-state index in [1.165, 1.54) is 18.2 Å². The Morgan fingerprint density at radius 2 is 1.70 bits per heavy atom. The first-order chi connectivity index (χ1) is 13.0. The monoisotopic (exact) mass is 380 g/mol. The van der Waals surface area contributed by atoms with Crippen molar-refractivity contribution in [1.29, 1.82) is 0 Å². The Balaban J connectivity index is 2.00. The minimum atomic E-state index is -0.540. The minimum absolute atomic E-state index is 0.0550. The van der Waals surface area contributed by atoms with Gasteiger partial charge in [0.1, 0.15) is 0 Å². The number of aryl methyl sites for hydroxylation is 1. The van der Waals surface area contributed by atoms with Crippen molar-refractivity contribution in [2.24, 2.45) is 0 Å². The number of hydrogen-bond acceptors (Lipinski definition) is 3. The number of nitro groups is 1. The summed E-state index contributed by atoms with van der Waals surface area (Å²) in [6.45, 7) is 2.33. The molecule has 0 saturated heterocycles. The minimum Gasteiger partial charge on any atom is -0.304 e. The van der Waals surface area contributed by atoms with Crippen LogP contribution in [-0.2, 0) is 6.54 Å². The molecule has 0 radical (unpaired) electrons. The van der Waals surface area contributed by atoms with Crippen LogP contribution in [0.2, 0.25) is 5.02 Å². The molecule has 3 rings (SSSR count). The second-order valence-electron chi connectivity index (χ2n) is 6.13. The number of non-ortho nitro benzene ring substituents is 1. The van der Waals surface area contributed by atoms with Gasteiger partial charge in [0, 0.05) is 17.8 Å². The fraction of sp³-hybridized carbons (Fsp3) is 0.0952. The molecule has 27 heavy (non-hydrogen) atoms. The molecule has 6 heteroatoms. The number of anilines is 1. The molecule has 0 aliphatic heterocycles. The van der Waals surface area contributed by atoms with Crippen molar-refractivity contribution < 1.29 is 9.72 Å². The summed E-state index contributed by atoms with van der Waals surface area (Å²) in [4.78, 5) is 25.2. The zero-order valence-electron chi connectivity index (χ0n) is 14.6. The first-order valence-electron chi connectivity index (χ1n) is 8.32. The third kappa shape index (κ3) is 4.33. The molecular weight excluding hydrogens is 364 g/mol. The molecule has 0 spiro atoms. The van der Waals surface area contributed by atoms with Crippen molar-refractivity contribution >= 4 is 28.9 Å². The Hall–Kier alpha value is -3.18. The topological polar surface area (TPSA) is 63.5 Å². The Kier molecular flexibility index (Phi) is 5.52. The molecule has 0 aliphatic rings. The number of nitro benzene ring substituents is 1. The van der Waals surface area contributed by atoms with E-state index >= 15 is 0 Å². The number of hydrogen-bond donors (Lipinski definition) is 0. The summed E-state index contributed by atoms with van der Waals surface area (Å²) in [7, 11) is 0. The van der Waals surface area contributed by atoms with Crippen molar-refractivity contribution in [3.63, 3.8) is 0 Å². The van der Waals surface area contributed by atoms with Crippen LogP contribution in [0.15, 0.2) is 72.8 Å². The molecular formula is C21H17ClN2O3. The molecule has 1 amide bonds. The van der Waals surface area contributed by atoms with Crippen LogP contribution in [-0.4, -0.2) is 10.8 Å². The Morgan fingerprint density at radius 1 is 1.04 bits per heavy atom. The lowest BCUT2D eigenvalue weighted by molar-refractivity contribution is -0.384. The lowest BCUT2D eigenvalue weighted by Gasteiger charge is -2.24. The largest absolute Gasteiger partial charge is 0.304 e. The van der Waals surface area contributed by atoms with E-state index in [1.54, 1.807) is 4.90 Å². The first-order valence-corrected chi connectivity index (χ1v) is 8.70. The van der Waals surface area contributed by atoms with Gasteiger partial charge in [-0.05, 0) is 30.7 Å². The van der Waals surface area contributed by atoms with E-state index in [9.17, 15) is 14.9 Å². The summed E-state index contributed by atoms with van der Waals surface area (Å²) >= 11 is 6.18. The van der Waals surface area contributed by atoms with Gasteiger partial charge in [-0.15, -0.1) is 0 Å². The van der Waals surface area contributed by atoms with Crippen molar-refractivity contribution in [1.82, 2.24) is 0 Å².